The highest BCUT2D eigenvalue weighted by Gasteiger charge is 2.16. The van der Waals surface area contributed by atoms with Crippen LogP contribution >= 0.6 is 11.9 Å². The van der Waals surface area contributed by atoms with Gasteiger partial charge in [-0.2, -0.15) is 4.80 Å². The van der Waals surface area contributed by atoms with E-state index in [1.807, 2.05) is 0 Å². The molecule has 1 aromatic heterocycles. The second-order valence-corrected chi connectivity index (χ2v) is 6.97. The van der Waals surface area contributed by atoms with Crippen molar-refractivity contribution in [1.29, 1.82) is 0 Å². The van der Waals surface area contributed by atoms with Gasteiger partial charge in [0, 0.05) is 12.1 Å². The molecule has 1 aliphatic carbocycles. The van der Waals surface area contributed by atoms with Crippen LogP contribution in [0.3, 0.4) is 0 Å². The van der Waals surface area contributed by atoms with Crippen LogP contribution in [-0.4, -0.2) is 38.5 Å². The molecule has 1 saturated carbocycles. The molecule has 0 bridgehead atoms. The molecule has 0 saturated heterocycles. The Labute approximate surface area is 145 Å². The van der Waals surface area contributed by atoms with Gasteiger partial charge in [0.15, 0.2) is 0 Å². The number of tetrazole rings is 1. The largest absolute Gasteiger partial charge is 0.395 e. The van der Waals surface area contributed by atoms with E-state index in [0.29, 0.717) is 28.7 Å². The molecule has 1 heterocycles. The van der Waals surface area contributed by atoms with E-state index in [4.69, 9.17) is 5.11 Å². The summed E-state index contributed by atoms with van der Waals surface area (Å²) in [6.07, 6.45) is 6.32. The van der Waals surface area contributed by atoms with Crippen LogP contribution in [0, 0.1) is 11.7 Å². The lowest BCUT2D eigenvalue weighted by molar-refractivity contribution is 0.291. The highest BCUT2D eigenvalue weighted by molar-refractivity contribution is 7.97. The first-order valence-electron chi connectivity index (χ1n) is 8.34. The zero-order chi connectivity index (χ0) is 16.8. The van der Waals surface area contributed by atoms with Gasteiger partial charge in [-0.1, -0.05) is 19.3 Å². The molecular formula is C16H22FN5OS. The van der Waals surface area contributed by atoms with Gasteiger partial charge in [-0.25, -0.2) is 4.39 Å². The van der Waals surface area contributed by atoms with Gasteiger partial charge in [-0.15, -0.1) is 10.2 Å². The first kappa shape index (κ1) is 17.3. The lowest BCUT2D eigenvalue weighted by Crippen LogP contribution is -2.16. The van der Waals surface area contributed by atoms with E-state index in [0.717, 1.165) is 18.5 Å². The summed E-state index contributed by atoms with van der Waals surface area (Å²) >= 11 is 1.16. The second kappa shape index (κ2) is 8.55. The predicted molar refractivity (Wildman–Crippen MR) is 90.7 cm³/mol. The van der Waals surface area contributed by atoms with Gasteiger partial charge in [-0.3, -0.25) is 4.72 Å². The van der Waals surface area contributed by atoms with Crippen molar-refractivity contribution in [3.05, 3.63) is 24.0 Å². The molecule has 0 aliphatic heterocycles. The molecule has 1 aliphatic rings. The fourth-order valence-corrected chi connectivity index (χ4v) is 3.58. The fourth-order valence-electron chi connectivity index (χ4n) is 2.93. The molecular weight excluding hydrogens is 329 g/mol. The molecule has 0 unspecified atom stereocenters. The summed E-state index contributed by atoms with van der Waals surface area (Å²) in [6.45, 7) is 1.21. The second-order valence-electron chi connectivity index (χ2n) is 6.04. The Morgan fingerprint density at radius 1 is 1.29 bits per heavy atom. The van der Waals surface area contributed by atoms with Crippen molar-refractivity contribution in [3.63, 3.8) is 0 Å². The van der Waals surface area contributed by atoms with Gasteiger partial charge < -0.3 is 5.11 Å². The minimum atomic E-state index is -0.341. The number of rotatable bonds is 7. The monoisotopic (exact) mass is 351 g/mol. The van der Waals surface area contributed by atoms with Crippen LogP contribution in [0.4, 0.5) is 4.39 Å². The molecule has 0 atom stereocenters. The standard InChI is InChI=1S/C16H22FN5OS/c17-14-10-13(6-7-15(14)24-18-8-9-23)16-19-21-22(20-16)11-12-4-2-1-3-5-12/h6-7,10,12,18,23H,1-5,8-9,11H2. The third kappa shape index (κ3) is 4.52. The van der Waals surface area contributed by atoms with E-state index in [2.05, 4.69) is 20.1 Å². The van der Waals surface area contributed by atoms with Crippen LogP contribution in [-0.2, 0) is 6.54 Å². The zero-order valence-electron chi connectivity index (χ0n) is 13.5. The highest BCUT2D eigenvalue weighted by Crippen LogP contribution is 2.26. The van der Waals surface area contributed by atoms with E-state index in [-0.39, 0.29) is 12.4 Å². The Hall–Kier alpha value is -1.51. The zero-order valence-corrected chi connectivity index (χ0v) is 14.3. The van der Waals surface area contributed by atoms with Crippen molar-refractivity contribution in [2.45, 2.75) is 43.5 Å². The third-order valence-electron chi connectivity index (χ3n) is 4.19. The maximum atomic E-state index is 14.1. The molecule has 6 nitrogen and oxygen atoms in total. The maximum Gasteiger partial charge on any atom is 0.205 e. The number of aromatic nitrogens is 4. The summed E-state index contributed by atoms with van der Waals surface area (Å²) in [7, 11) is 0. The molecule has 8 heteroatoms. The van der Waals surface area contributed by atoms with E-state index in [1.54, 1.807) is 16.9 Å². The first-order chi connectivity index (χ1) is 11.8. The molecule has 2 aromatic rings. The molecule has 3 rings (SSSR count). The minimum Gasteiger partial charge on any atom is -0.395 e. The summed E-state index contributed by atoms with van der Waals surface area (Å²) in [6, 6.07) is 4.89. The van der Waals surface area contributed by atoms with Gasteiger partial charge in [0.1, 0.15) is 5.82 Å². The molecule has 130 valence electrons. The van der Waals surface area contributed by atoms with Crippen molar-refractivity contribution in [1.82, 2.24) is 24.9 Å². The summed E-state index contributed by atoms with van der Waals surface area (Å²) in [5, 5.41) is 21.3. The Balaban J connectivity index is 1.64. The topological polar surface area (TPSA) is 75.9 Å². The average molecular weight is 351 g/mol. The molecule has 1 fully saturated rings. The lowest BCUT2D eigenvalue weighted by atomic mass is 9.89. The van der Waals surface area contributed by atoms with Gasteiger partial charge in [-0.05, 0) is 54.1 Å². The minimum absolute atomic E-state index is 0.0146. The Bertz CT molecular complexity index is 660. The van der Waals surface area contributed by atoms with Crippen LogP contribution < -0.4 is 4.72 Å². The highest BCUT2D eigenvalue weighted by atomic mass is 32.2. The van der Waals surface area contributed by atoms with Crippen molar-refractivity contribution in [2.24, 2.45) is 5.92 Å². The number of nitrogens with zero attached hydrogens (tertiary/aromatic N) is 4. The normalized spacial score (nSPS) is 15.8. The third-order valence-corrected chi connectivity index (χ3v) is 5.08. The van der Waals surface area contributed by atoms with E-state index < -0.39 is 0 Å². The fraction of sp³-hybridized carbons (Fsp3) is 0.562. The van der Waals surface area contributed by atoms with Crippen LogP contribution in [0.2, 0.25) is 0 Å². The van der Waals surface area contributed by atoms with Crippen molar-refractivity contribution < 1.29 is 9.50 Å². The number of aliphatic hydroxyl groups is 1. The first-order valence-corrected chi connectivity index (χ1v) is 9.16. The van der Waals surface area contributed by atoms with Gasteiger partial charge in [0.2, 0.25) is 5.82 Å². The van der Waals surface area contributed by atoms with Gasteiger partial charge in [0.05, 0.1) is 18.0 Å². The van der Waals surface area contributed by atoms with Crippen molar-refractivity contribution >= 4 is 11.9 Å². The van der Waals surface area contributed by atoms with Gasteiger partial charge in [0.25, 0.3) is 0 Å². The summed E-state index contributed by atoms with van der Waals surface area (Å²) in [4.78, 5) is 2.11. The SMILES string of the molecule is OCCNSc1ccc(-c2nnn(CC3CCCCC3)n2)cc1F. The Morgan fingerprint density at radius 2 is 2.12 bits per heavy atom. The Kier molecular flexibility index (Phi) is 6.17. The van der Waals surface area contributed by atoms with Crippen LogP contribution in [0.15, 0.2) is 23.1 Å². The molecule has 24 heavy (non-hydrogen) atoms. The summed E-state index contributed by atoms with van der Waals surface area (Å²) in [5.74, 6) is 0.727. The molecule has 0 spiro atoms. The van der Waals surface area contributed by atoms with Crippen molar-refractivity contribution in [2.75, 3.05) is 13.2 Å². The van der Waals surface area contributed by atoms with Crippen LogP contribution in [0.25, 0.3) is 11.4 Å². The van der Waals surface area contributed by atoms with Crippen molar-refractivity contribution in [3.8, 4) is 11.4 Å². The van der Waals surface area contributed by atoms with Crippen LogP contribution in [0.1, 0.15) is 32.1 Å². The number of hydrogen-bond acceptors (Lipinski definition) is 6. The number of halogens is 1. The number of hydrogen-bond donors (Lipinski definition) is 2. The average Bonchev–Trinajstić information content (AvgIpc) is 3.06. The lowest BCUT2D eigenvalue weighted by Gasteiger charge is -2.20. The smallest absolute Gasteiger partial charge is 0.205 e. The molecule has 0 radical (unpaired) electrons. The molecule has 1 aromatic carbocycles. The number of nitrogens with one attached hydrogen (secondary N) is 1. The maximum absolute atomic E-state index is 14.1. The van der Waals surface area contributed by atoms with E-state index in [9.17, 15) is 4.39 Å². The molecule has 0 amide bonds. The number of aliphatic hydroxyl groups excluding tert-OH is 1. The summed E-state index contributed by atoms with van der Waals surface area (Å²) < 4.78 is 17.0. The number of benzene rings is 1. The summed E-state index contributed by atoms with van der Waals surface area (Å²) in [5.41, 5.74) is 0.619. The van der Waals surface area contributed by atoms with E-state index >= 15 is 0 Å². The molecule has 2 N–H and O–H groups in total. The van der Waals surface area contributed by atoms with E-state index in [1.165, 1.54) is 38.2 Å². The Morgan fingerprint density at radius 3 is 2.88 bits per heavy atom. The quantitative estimate of drug-likeness (QED) is 0.590. The van der Waals surface area contributed by atoms with Gasteiger partial charge >= 0.3 is 0 Å². The predicted octanol–water partition coefficient (Wildman–Crippen LogP) is 2.65. The van der Waals surface area contributed by atoms with Crippen LogP contribution in [0.5, 0.6) is 0 Å².